The third kappa shape index (κ3) is 3.49. The van der Waals surface area contributed by atoms with Crippen molar-refractivity contribution in [3.63, 3.8) is 0 Å². The third-order valence-corrected chi connectivity index (χ3v) is 6.77. The number of hydrogen-bond donors (Lipinski definition) is 0. The van der Waals surface area contributed by atoms with Crippen molar-refractivity contribution in [2.75, 3.05) is 0 Å². The first kappa shape index (κ1) is 20.4. The number of aryl methyl sites for hydroxylation is 2. The molecule has 0 heteroatoms. The summed E-state index contributed by atoms with van der Waals surface area (Å²) < 4.78 is 0. The molecular formula is C34H26. The average Bonchev–Trinajstić information content (AvgIpc) is 2.88. The molecule has 0 aliphatic heterocycles. The highest BCUT2D eigenvalue weighted by Crippen LogP contribution is 2.44. The summed E-state index contributed by atoms with van der Waals surface area (Å²) in [7, 11) is 0. The SMILES string of the molecule is Cc1ccc(-c2c3ccccc3c(-c3cccc(-c4cccc(C)c4)c3)c3ccccc23)cc1. The van der Waals surface area contributed by atoms with Gasteiger partial charge in [-0.3, -0.25) is 0 Å². The second-order valence-corrected chi connectivity index (χ2v) is 9.16. The van der Waals surface area contributed by atoms with Gasteiger partial charge in [0.2, 0.25) is 0 Å². The summed E-state index contributed by atoms with van der Waals surface area (Å²) in [6.45, 7) is 4.29. The number of hydrogen-bond acceptors (Lipinski definition) is 0. The van der Waals surface area contributed by atoms with Crippen LogP contribution in [0.3, 0.4) is 0 Å². The van der Waals surface area contributed by atoms with E-state index in [0.717, 1.165) is 0 Å². The minimum absolute atomic E-state index is 1.25. The van der Waals surface area contributed by atoms with Gasteiger partial charge in [0, 0.05) is 0 Å². The lowest BCUT2D eigenvalue weighted by atomic mass is 9.85. The summed E-state index contributed by atoms with van der Waals surface area (Å²) in [5, 5.41) is 5.17. The number of fused-ring (bicyclic) bond motifs is 2. The zero-order valence-electron chi connectivity index (χ0n) is 19.5. The van der Waals surface area contributed by atoms with E-state index in [1.54, 1.807) is 0 Å². The van der Waals surface area contributed by atoms with E-state index in [9.17, 15) is 0 Å². The molecule has 0 saturated heterocycles. The van der Waals surface area contributed by atoms with Crippen molar-refractivity contribution in [2.24, 2.45) is 0 Å². The fourth-order valence-electron chi connectivity index (χ4n) is 5.15. The van der Waals surface area contributed by atoms with E-state index >= 15 is 0 Å². The number of benzene rings is 6. The minimum Gasteiger partial charge on any atom is -0.0616 e. The maximum absolute atomic E-state index is 2.34. The Bertz CT molecular complexity index is 1600. The fourth-order valence-corrected chi connectivity index (χ4v) is 5.15. The maximum Gasteiger partial charge on any atom is -0.00262 e. The molecule has 0 atom stereocenters. The van der Waals surface area contributed by atoms with Gasteiger partial charge in [0.25, 0.3) is 0 Å². The monoisotopic (exact) mass is 434 g/mol. The van der Waals surface area contributed by atoms with Crippen molar-refractivity contribution >= 4 is 21.5 Å². The van der Waals surface area contributed by atoms with Gasteiger partial charge in [0.05, 0.1) is 0 Å². The van der Waals surface area contributed by atoms with Gasteiger partial charge >= 0.3 is 0 Å². The summed E-state index contributed by atoms with van der Waals surface area (Å²) in [6, 6.07) is 44.4. The van der Waals surface area contributed by atoms with Gasteiger partial charge in [-0.05, 0) is 74.8 Å². The molecule has 0 fully saturated rings. The first-order chi connectivity index (χ1) is 16.7. The lowest BCUT2D eigenvalue weighted by Crippen LogP contribution is -1.91. The van der Waals surface area contributed by atoms with Crippen LogP contribution in [0.5, 0.6) is 0 Å². The van der Waals surface area contributed by atoms with Crippen molar-refractivity contribution in [2.45, 2.75) is 13.8 Å². The molecule has 0 radical (unpaired) electrons. The molecule has 0 aliphatic carbocycles. The summed E-state index contributed by atoms with van der Waals surface area (Å²) in [5.74, 6) is 0. The predicted molar refractivity (Wildman–Crippen MR) is 147 cm³/mol. The first-order valence-electron chi connectivity index (χ1n) is 11.9. The Hall–Kier alpha value is -4.16. The van der Waals surface area contributed by atoms with E-state index in [0.29, 0.717) is 0 Å². The third-order valence-electron chi connectivity index (χ3n) is 6.77. The molecule has 0 bridgehead atoms. The zero-order valence-corrected chi connectivity index (χ0v) is 19.5. The molecule has 6 aromatic rings. The van der Waals surface area contributed by atoms with Crippen LogP contribution < -0.4 is 0 Å². The molecule has 0 amide bonds. The average molecular weight is 435 g/mol. The maximum atomic E-state index is 2.34. The highest BCUT2D eigenvalue weighted by molar-refractivity contribution is 6.21. The largest absolute Gasteiger partial charge is 0.0616 e. The molecule has 0 N–H and O–H groups in total. The van der Waals surface area contributed by atoms with Crippen LogP contribution >= 0.6 is 0 Å². The second kappa shape index (κ2) is 8.32. The Kier molecular flexibility index (Phi) is 5.00. The molecule has 0 heterocycles. The lowest BCUT2D eigenvalue weighted by Gasteiger charge is -2.18. The quantitative estimate of drug-likeness (QED) is 0.243. The van der Waals surface area contributed by atoms with Crippen LogP contribution in [0.4, 0.5) is 0 Å². The normalized spacial score (nSPS) is 11.2. The van der Waals surface area contributed by atoms with Crippen molar-refractivity contribution in [1.29, 1.82) is 0 Å². The summed E-state index contributed by atoms with van der Waals surface area (Å²) in [5.41, 5.74) is 10.2. The standard InChI is InChI=1S/C34H26/c1-23-17-19-25(20-18-23)33-29-13-3-5-15-31(29)34(32-16-6-4-14-30(32)33)28-12-8-11-27(22-28)26-10-7-9-24(2)21-26/h3-22H,1-2H3. The van der Waals surface area contributed by atoms with E-state index in [2.05, 4.69) is 135 Å². The van der Waals surface area contributed by atoms with Crippen LogP contribution in [0.15, 0.2) is 121 Å². The topological polar surface area (TPSA) is 0 Å². The Morgan fingerprint density at radius 1 is 0.324 bits per heavy atom. The summed E-state index contributed by atoms with van der Waals surface area (Å²) in [6.07, 6.45) is 0. The molecule has 0 aromatic heterocycles. The van der Waals surface area contributed by atoms with Gasteiger partial charge in [0.15, 0.2) is 0 Å². The van der Waals surface area contributed by atoms with E-state index < -0.39 is 0 Å². The van der Waals surface area contributed by atoms with Crippen LogP contribution in [0, 0.1) is 13.8 Å². The van der Waals surface area contributed by atoms with Gasteiger partial charge in [-0.1, -0.05) is 126 Å². The summed E-state index contributed by atoms with van der Waals surface area (Å²) in [4.78, 5) is 0. The van der Waals surface area contributed by atoms with Gasteiger partial charge in [-0.2, -0.15) is 0 Å². The first-order valence-corrected chi connectivity index (χ1v) is 11.9. The van der Waals surface area contributed by atoms with E-state index in [1.165, 1.54) is 66.1 Å². The highest BCUT2D eigenvalue weighted by Gasteiger charge is 2.16. The molecule has 0 unspecified atom stereocenters. The van der Waals surface area contributed by atoms with Crippen molar-refractivity contribution in [3.05, 3.63) is 132 Å². The molecule has 6 aromatic carbocycles. The van der Waals surface area contributed by atoms with Gasteiger partial charge in [0.1, 0.15) is 0 Å². The molecule has 6 rings (SSSR count). The van der Waals surface area contributed by atoms with Crippen LogP contribution in [0.1, 0.15) is 11.1 Å². The molecule has 0 nitrogen and oxygen atoms in total. The van der Waals surface area contributed by atoms with E-state index in [-0.39, 0.29) is 0 Å². The molecule has 0 saturated carbocycles. The molecule has 0 aliphatic rings. The van der Waals surface area contributed by atoms with Crippen LogP contribution in [0.2, 0.25) is 0 Å². The Morgan fingerprint density at radius 2 is 0.794 bits per heavy atom. The molecule has 162 valence electrons. The minimum atomic E-state index is 1.25. The smallest absolute Gasteiger partial charge is 0.00262 e. The fraction of sp³-hybridized carbons (Fsp3) is 0.0588. The van der Waals surface area contributed by atoms with Gasteiger partial charge in [-0.25, -0.2) is 0 Å². The summed E-state index contributed by atoms with van der Waals surface area (Å²) >= 11 is 0. The van der Waals surface area contributed by atoms with Crippen molar-refractivity contribution in [3.8, 4) is 33.4 Å². The Balaban J connectivity index is 1.68. The van der Waals surface area contributed by atoms with Crippen LogP contribution in [-0.4, -0.2) is 0 Å². The van der Waals surface area contributed by atoms with Gasteiger partial charge < -0.3 is 0 Å². The van der Waals surface area contributed by atoms with Crippen molar-refractivity contribution in [1.82, 2.24) is 0 Å². The Labute approximate surface area is 201 Å². The van der Waals surface area contributed by atoms with Gasteiger partial charge in [-0.15, -0.1) is 0 Å². The molecule has 34 heavy (non-hydrogen) atoms. The lowest BCUT2D eigenvalue weighted by molar-refractivity contribution is 1.47. The van der Waals surface area contributed by atoms with E-state index in [4.69, 9.17) is 0 Å². The number of rotatable bonds is 3. The second-order valence-electron chi connectivity index (χ2n) is 9.16. The zero-order chi connectivity index (χ0) is 23.1. The predicted octanol–water partition coefficient (Wildman–Crippen LogP) is 9.61. The van der Waals surface area contributed by atoms with Crippen LogP contribution in [-0.2, 0) is 0 Å². The molecular weight excluding hydrogens is 408 g/mol. The highest BCUT2D eigenvalue weighted by atomic mass is 14.2. The van der Waals surface area contributed by atoms with E-state index in [1.807, 2.05) is 0 Å². The Morgan fingerprint density at radius 3 is 1.35 bits per heavy atom. The molecule has 0 spiro atoms. The van der Waals surface area contributed by atoms with Crippen LogP contribution in [0.25, 0.3) is 54.9 Å². The van der Waals surface area contributed by atoms with Crippen molar-refractivity contribution < 1.29 is 0 Å².